The highest BCUT2D eigenvalue weighted by Crippen LogP contribution is 2.34. The van der Waals surface area contributed by atoms with Gasteiger partial charge in [-0.25, -0.2) is 4.98 Å². The van der Waals surface area contributed by atoms with Crippen LogP contribution >= 0.6 is 22.9 Å². The van der Waals surface area contributed by atoms with Gasteiger partial charge in [0.2, 0.25) is 0 Å². The molecule has 0 atom stereocenters. The molecule has 0 unspecified atom stereocenters. The number of nitrogens with zero attached hydrogens (tertiary/aromatic N) is 3. The van der Waals surface area contributed by atoms with Crippen LogP contribution in [0.2, 0.25) is 5.02 Å². The molecule has 0 radical (unpaired) electrons. The van der Waals surface area contributed by atoms with Crippen molar-refractivity contribution in [3.05, 3.63) is 51.5 Å². The first-order valence-corrected chi connectivity index (χ1v) is 11.5. The maximum Gasteiger partial charge on any atom is 0.266 e. The number of aryl methyl sites for hydroxylation is 1. The number of hydrogen-bond donors (Lipinski definition) is 1. The molecule has 1 saturated heterocycles. The van der Waals surface area contributed by atoms with Crippen LogP contribution in [0.5, 0.6) is 0 Å². The van der Waals surface area contributed by atoms with E-state index in [-0.39, 0.29) is 5.91 Å². The van der Waals surface area contributed by atoms with E-state index in [1.165, 1.54) is 16.9 Å². The Morgan fingerprint density at radius 3 is 2.63 bits per heavy atom. The molecule has 0 bridgehead atoms. The first kappa shape index (κ1) is 20.9. The van der Waals surface area contributed by atoms with Crippen LogP contribution in [0, 0.1) is 12.8 Å². The predicted molar refractivity (Wildman–Crippen MR) is 127 cm³/mol. The Balaban J connectivity index is 1.50. The van der Waals surface area contributed by atoms with E-state index in [0.717, 1.165) is 46.1 Å². The third-order valence-corrected chi connectivity index (χ3v) is 6.88. The molecular formula is C23H27ClN4OS. The van der Waals surface area contributed by atoms with Crippen molar-refractivity contribution in [1.82, 2.24) is 9.88 Å². The number of pyridine rings is 1. The molecule has 7 heteroatoms. The molecule has 1 fully saturated rings. The van der Waals surface area contributed by atoms with Gasteiger partial charge in [0, 0.05) is 48.0 Å². The Morgan fingerprint density at radius 1 is 1.20 bits per heavy atom. The molecule has 30 heavy (non-hydrogen) atoms. The Labute approximate surface area is 186 Å². The largest absolute Gasteiger partial charge is 0.397 e. The summed E-state index contributed by atoms with van der Waals surface area (Å²) in [6, 6.07) is 9.96. The highest BCUT2D eigenvalue weighted by Gasteiger charge is 2.27. The monoisotopic (exact) mass is 442 g/mol. The van der Waals surface area contributed by atoms with Crippen LogP contribution in [0.15, 0.2) is 30.3 Å². The predicted octanol–water partition coefficient (Wildman–Crippen LogP) is 5.00. The van der Waals surface area contributed by atoms with Crippen molar-refractivity contribution in [3.63, 3.8) is 0 Å². The second-order valence-corrected chi connectivity index (χ2v) is 9.74. The number of fused-ring (bicyclic) bond motifs is 1. The van der Waals surface area contributed by atoms with Crippen LogP contribution in [-0.4, -0.2) is 42.0 Å². The van der Waals surface area contributed by atoms with Gasteiger partial charge in [-0.3, -0.25) is 4.79 Å². The van der Waals surface area contributed by atoms with Gasteiger partial charge in [0.05, 0.1) is 5.69 Å². The van der Waals surface area contributed by atoms with E-state index >= 15 is 0 Å². The smallest absolute Gasteiger partial charge is 0.266 e. The van der Waals surface area contributed by atoms with Crippen molar-refractivity contribution in [2.24, 2.45) is 5.92 Å². The standard InChI is InChI=1S/C23H27ClN4OS/c1-14(2)12-17-6-7-18-20(25)21(30-22(18)26-17)23(29)28-10-8-27(9-11-28)19-13-16(24)5-4-15(19)3/h4-7,13-14H,8-12,25H2,1-3H3. The third-order valence-electron chi connectivity index (χ3n) is 5.54. The highest BCUT2D eigenvalue weighted by molar-refractivity contribution is 7.21. The summed E-state index contributed by atoms with van der Waals surface area (Å²) < 4.78 is 0. The number of carbonyl (C=O) groups excluding carboxylic acids is 1. The Morgan fingerprint density at radius 2 is 1.93 bits per heavy atom. The van der Waals surface area contributed by atoms with E-state index in [1.54, 1.807) is 0 Å². The number of nitrogens with two attached hydrogens (primary N) is 1. The zero-order valence-electron chi connectivity index (χ0n) is 17.6. The van der Waals surface area contributed by atoms with Gasteiger partial charge in [-0.05, 0) is 49.1 Å². The highest BCUT2D eigenvalue weighted by atomic mass is 35.5. The van der Waals surface area contributed by atoms with Gasteiger partial charge in [-0.15, -0.1) is 11.3 Å². The molecule has 3 heterocycles. The summed E-state index contributed by atoms with van der Waals surface area (Å²) in [6.45, 7) is 9.29. The second-order valence-electron chi connectivity index (χ2n) is 8.31. The number of rotatable bonds is 4. The lowest BCUT2D eigenvalue weighted by Crippen LogP contribution is -2.49. The average molecular weight is 443 g/mol. The van der Waals surface area contributed by atoms with Crippen LogP contribution < -0.4 is 10.6 Å². The summed E-state index contributed by atoms with van der Waals surface area (Å²) in [5.41, 5.74) is 10.3. The van der Waals surface area contributed by atoms with Gasteiger partial charge in [0.1, 0.15) is 9.71 Å². The molecule has 5 nitrogen and oxygen atoms in total. The first-order chi connectivity index (χ1) is 14.3. The molecule has 0 saturated carbocycles. The topological polar surface area (TPSA) is 62.5 Å². The van der Waals surface area contributed by atoms with E-state index in [1.807, 2.05) is 35.2 Å². The molecular weight excluding hydrogens is 416 g/mol. The summed E-state index contributed by atoms with van der Waals surface area (Å²) in [5.74, 6) is 0.538. The van der Waals surface area contributed by atoms with E-state index < -0.39 is 0 Å². The number of aromatic nitrogens is 1. The zero-order valence-corrected chi connectivity index (χ0v) is 19.2. The van der Waals surface area contributed by atoms with Crippen molar-refractivity contribution < 1.29 is 4.79 Å². The van der Waals surface area contributed by atoms with Crippen LogP contribution in [-0.2, 0) is 6.42 Å². The van der Waals surface area contributed by atoms with Gasteiger partial charge in [-0.1, -0.05) is 31.5 Å². The van der Waals surface area contributed by atoms with Gasteiger partial charge >= 0.3 is 0 Å². The fourth-order valence-corrected chi connectivity index (χ4v) is 5.19. The van der Waals surface area contributed by atoms with Crippen LogP contribution in [0.25, 0.3) is 10.2 Å². The number of halogens is 1. The lowest BCUT2D eigenvalue weighted by Gasteiger charge is -2.36. The number of carbonyl (C=O) groups is 1. The molecule has 4 rings (SSSR count). The van der Waals surface area contributed by atoms with E-state index in [0.29, 0.717) is 29.6 Å². The number of hydrogen-bond acceptors (Lipinski definition) is 5. The van der Waals surface area contributed by atoms with Crippen LogP contribution in [0.3, 0.4) is 0 Å². The minimum atomic E-state index is 0.00313. The molecule has 1 amide bonds. The van der Waals surface area contributed by atoms with Crippen LogP contribution in [0.1, 0.15) is 34.8 Å². The summed E-state index contributed by atoms with van der Waals surface area (Å²) in [7, 11) is 0. The number of piperazine rings is 1. The molecule has 3 aromatic rings. The van der Waals surface area contributed by atoms with E-state index in [4.69, 9.17) is 22.3 Å². The van der Waals surface area contributed by atoms with Gasteiger partial charge < -0.3 is 15.5 Å². The minimum absolute atomic E-state index is 0.00313. The van der Waals surface area contributed by atoms with Crippen LogP contribution in [0.4, 0.5) is 11.4 Å². The lowest BCUT2D eigenvalue weighted by atomic mass is 10.1. The SMILES string of the molecule is Cc1ccc(Cl)cc1N1CCN(C(=O)c2sc3nc(CC(C)C)ccc3c2N)CC1. The van der Waals surface area contributed by atoms with Gasteiger partial charge in [0.15, 0.2) is 0 Å². The number of benzene rings is 1. The van der Waals surface area contributed by atoms with Crippen molar-refractivity contribution in [3.8, 4) is 0 Å². The van der Waals surface area contributed by atoms with Crippen molar-refractivity contribution in [2.75, 3.05) is 36.8 Å². The number of nitrogen functional groups attached to an aromatic ring is 1. The van der Waals surface area contributed by atoms with Gasteiger partial charge in [0.25, 0.3) is 5.91 Å². The molecule has 0 aliphatic carbocycles. The average Bonchev–Trinajstić information content (AvgIpc) is 3.05. The quantitative estimate of drug-likeness (QED) is 0.617. The fraction of sp³-hybridized carbons (Fsp3) is 0.391. The third kappa shape index (κ3) is 4.12. The summed E-state index contributed by atoms with van der Waals surface area (Å²) in [4.78, 5) is 23.6. The normalized spacial score (nSPS) is 14.7. The first-order valence-electron chi connectivity index (χ1n) is 10.3. The summed E-state index contributed by atoms with van der Waals surface area (Å²) in [5, 5.41) is 1.61. The number of anilines is 2. The molecule has 2 N–H and O–H groups in total. The molecule has 158 valence electrons. The minimum Gasteiger partial charge on any atom is -0.397 e. The molecule has 1 aliphatic rings. The lowest BCUT2D eigenvalue weighted by molar-refractivity contribution is 0.0752. The molecule has 2 aromatic heterocycles. The zero-order chi connectivity index (χ0) is 21.4. The molecule has 1 aliphatic heterocycles. The number of thiophene rings is 1. The maximum atomic E-state index is 13.2. The fourth-order valence-electron chi connectivity index (χ4n) is 3.94. The Bertz CT molecular complexity index is 1090. The van der Waals surface area contributed by atoms with E-state index in [2.05, 4.69) is 25.7 Å². The molecule has 0 spiro atoms. The maximum absolute atomic E-state index is 13.2. The molecule has 1 aromatic carbocycles. The second kappa shape index (κ2) is 8.44. The summed E-state index contributed by atoms with van der Waals surface area (Å²) in [6.07, 6.45) is 0.919. The van der Waals surface area contributed by atoms with E-state index in [9.17, 15) is 4.79 Å². The van der Waals surface area contributed by atoms with Crippen molar-refractivity contribution in [2.45, 2.75) is 27.2 Å². The Kier molecular flexibility index (Phi) is 5.89. The van der Waals surface area contributed by atoms with Crippen molar-refractivity contribution in [1.29, 1.82) is 0 Å². The number of amides is 1. The van der Waals surface area contributed by atoms with Gasteiger partial charge in [-0.2, -0.15) is 0 Å². The summed E-state index contributed by atoms with van der Waals surface area (Å²) >= 11 is 7.59. The van der Waals surface area contributed by atoms with Crippen molar-refractivity contribution >= 4 is 50.4 Å². The Hall–Kier alpha value is -2.31.